The van der Waals surface area contributed by atoms with Crippen LogP contribution in [0.25, 0.3) is 0 Å². The maximum Gasteiger partial charge on any atom is 0.328 e. The Morgan fingerprint density at radius 3 is 2.53 bits per heavy atom. The van der Waals surface area contributed by atoms with Gasteiger partial charge in [-0.1, -0.05) is 0 Å². The predicted octanol–water partition coefficient (Wildman–Crippen LogP) is 1.25. The minimum Gasteiger partial charge on any atom is -0.506 e. The molecule has 0 spiro atoms. The van der Waals surface area contributed by atoms with Crippen LogP contribution in [0.1, 0.15) is 38.1 Å². The van der Waals surface area contributed by atoms with Gasteiger partial charge < -0.3 is 15.2 Å². The fourth-order valence-electron chi connectivity index (χ4n) is 1.28. The van der Waals surface area contributed by atoms with E-state index < -0.39 is 23.5 Å². The molecule has 0 aliphatic rings. The maximum absolute atomic E-state index is 11.8. The summed E-state index contributed by atoms with van der Waals surface area (Å²) < 4.78 is 5.14. The molecule has 1 aromatic rings. The van der Waals surface area contributed by atoms with Gasteiger partial charge in [0.2, 0.25) is 0 Å². The molecule has 0 unspecified atom stereocenters. The maximum atomic E-state index is 11.8. The molecule has 1 heterocycles. The highest BCUT2D eigenvalue weighted by Crippen LogP contribution is 2.10. The molecule has 0 aliphatic heterocycles. The van der Waals surface area contributed by atoms with Crippen molar-refractivity contribution in [3.8, 4) is 5.75 Å². The molecule has 19 heavy (non-hydrogen) atoms. The van der Waals surface area contributed by atoms with E-state index in [1.165, 1.54) is 25.4 Å². The zero-order valence-electron chi connectivity index (χ0n) is 11.4. The minimum atomic E-state index is -0.783. The Kier molecular flexibility index (Phi) is 4.47. The van der Waals surface area contributed by atoms with Gasteiger partial charge in [-0.2, -0.15) is 0 Å². The molecule has 0 saturated heterocycles. The fourth-order valence-corrected chi connectivity index (χ4v) is 1.28. The molecular formula is C13H18N2O4. The molecule has 1 aromatic heterocycles. The van der Waals surface area contributed by atoms with Crippen molar-refractivity contribution < 1.29 is 19.4 Å². The first-order valence-electron chi connectivity index (χ1n) is 5.87. The van der Waals surface area contributed by atoms with E-state index in [1.807, 2.05) is 0 Å². The van der Waals surface area contributed by atoms with Gasteiger partial charge in [0.05, 0.1) is 11.8 Å². The van der Waals surface area contributed by atoms with Crippen LogP contribution in [0.4, 0.5) is 0 Å². The predicted molar refractivity (Wildman–Crippen MR) is 68.7 cm³/mol. The van der Waals surface area contributed by atoms with Gasteiger partial charge in [0, 0.05) is 6.20 Å². The largest absolute Gasteiger partial charge is 0.506 e. The number of nitrogens with zero attached hydrogens (tertiary/aromatic N) is 1. The van der Waals surface area contributed by atoms with E-state index in [9.17, 15) is 14.7 Å². The van der Waals surface area contributed by atoms with Crippen molar-refractivity contribution in [2.75, 3.05) is 0 Å². The summed E-state index contributed by atoms with van der Waals surface area (Å²) in [4.78, 5) is 27.2. The van der Waals surface area contributed by atoms with Crippen molar-refractivity contribution in [2.24, 2.45) is 0 Å². The highest BCUT2D eigenvalue weighted by atomic mass is 16.6. The summed E-state index contributed by atoms with van der Waals surface area (Å²) in [7, 11) is 0. The second kappa shape index (κ2) is 5.69. The number of amides is 1. The quantitative estimate of drug-likeness (QED) is 0.804. The van der Waals surface area contributed by atoms with E-state index in [1.54, 1.807) is 20.8 Å². The first-order valence-corrected chi connectivity index (χ1v) is 5.87. The van der Waals surface area contributed by atoms with Crippen molar-refractivity contribution >= 4 is 11.9 Å². The topological polar surface area (TPSA) is 88.5 Å². The fraction of sp³-hybridized carbons (Fsp3) is 0.462. The van der Waals surface area contributed by atoms with Crippen LogP contribution in [0.3, 0.4) is 0 Å². The van der Waals surface area contributed by atoms with Gasteiger partial charge in [-0.05, 0) is 33.8 Å². The van der Waals surface area contributed by atoms with E-state index in [4.69, 9.17) is 4.74 Å². The van der Waals surface area contributed by atoms with Crippen LogP contribution in [-0.4, -0.2) is 33.6 Å². The molecule has 2 N–H and O–H groups in total. The van der Waals surface area contributed by atoms with Crippen molar-refractivity contribution in [3.05, 3.63) is 24.0 Å². The van der Waals surface area contributed by atoms with E-state index >= 15 is 0 Å². The molecule has 6 heteroatoms. The molecular weight excluding hydrogens is 248 g/mol. The minimum absolute atomic E-state index is 0.113. The average molecular weight is 266 g/mol. The summed E-state index contributed by atoms with van der Waals surface area (Å²) in [5.41, 5.74) is -0.432. The zero-order chi connectivity index (χ0) is 14.6. The zero-order valence-corrected chi connectivity index (χ0v) is 11.4. The standard InChI is InChI=1S/C13H18N2O4/c1-8(12(18)19-13(2,3)4)15-11(17)9-5-10(16)7-14-6-9/h5-8,16H,1-4H3,(H,15,17)/t8-/m0/s1. The number of ether oxygens (including phenoxy) is 1. The molecule has 0 saturated carbocycles. The lowest BCUT2D eigenvalue weighted by Gasteiger charge is -2.22. The summed E-state index contributed by atoms with van der Waals surface area (Å²) in [5.74, 6) is -1.13. The van der Waals surface area contributed by atoms with Crippen LogP contribution in [-0.2, 0) is 9.53 Å². The number of nitrogens with one attached hydrogen (secondary N) is 1. The third-order valence-corrected chi connectivity index (χ3v) is 2.09. The number of aromatic nitrogens is 1. The molecule has 0 aliphatic carbocycles. The molecule has 1 atom stereocenters. The van der Waals surface area contributed by atoms with E-state index in [0.717, 1.165) is 0 Å². The van der Waals surface area contributed by atoms with Crippen LogP contribution in [0, 0.1) is 0 Å². The number of aromatic hydroxyl groups is 1. The van der Waals surface area contributed by atoms with Gasteiger partial charge in [0.15, 0.2) is 0 Å². The van der Waals surface area contributed by atoms with Crippen molar-refractivity contribution in [1.29, 1.82) is 0 Å². The smallest absolute Gasteiger partial charge is 0.328 e. The molecule has 6 nitrogen and oxygen atoms in total. The second-order valence-corrected chi connectivity index (χ2v) is 5.16. The normalized spacial score (nSPS) is 12.6. The number of hydrogen-bond donors (Lipinski definition) is 2. The Morgan fingerprint density at radius 1 is 1.37 bits per heavy atom. The van der Waals surface area contributed by atoms with Crippen LogP contribution >= 0.6 is 0 Å². The monoisotopic (exact) mass is 266 g/mol. The number of hydrogen-bond acceptors (Lipinski definition) is 5. The number of rotatable bonds is 3. The van der Waals surface area contributed by atoms with E-state index in [0.29, 0.717) is 0 Å². The highest BCUT2D eigenvalue weighted by Gasteiger charge is 2.23. The molecule has 1 rings (SSSR count). The Hall–Kier alpha value is -2.11. The molecule has 1 amide bonds. The van der Waals surface area contributed by atoms with Gasteiger partial charge in [-0.3, -0.25) is 9.78 Å². The van der Waals surface area contributed by atoms with Gasteiger partial charge >= 0.3 is 5.97 Å². The number of esters is 1. The van der Waals surface area contributed by atoms with Gasteiger partial charge in [0.25, 0.3) is 5.91 Å². The van der Waals surface area contributed by atoms with Gasteiger partial charge in [-0.25, -0.2) is 4.79 Å². The van der Waals surface area contributed by atoms with E-state index in [-0.39, 0.29) is 11.3 Å². The number of pyridine rings is 1. The Bertz CT molecular complexity index is 480. The molecule has 0 bridgehead atoms. The molecule has 0 aromatic carbocycles. The van der Waals surface area contributed by atoms with E-state index in [2.05, 4.69) is 10.3 Å². The Labute approximate surface area is 111 Å². The molecule has 104 valence electrons. The van der Waals surface area contributed by atoms with Crippen LogP contribution in [0.15, 0.2) is 18.5 Å². The Morgan fingerprint density at radius 2 is 2.00 bits per heavy atom. The average Bonchev–Trinajstić information content (AvgIpc) is 2.26. The summed E-state index contributed by atoms with van der Waals surface area (Å²) in [5, 5.41) is 11.7. The molecule has 0 radical (unpaired) electrons. The Balaban J connectivity index is 2.64. The summed E-state index contributed by atoms with van der Waals surface area (Å²) in [6.07, 6.45) is 2.52. The van der Waals surface area contributed by atoms with Gasteiger partial charge in [0.1, 0.15) is 17.4 Å². The highest BCUT2D eigenvalue weighted by molar-refractivity contribution is 5.96. The first kappa shape index (κ1) is 14.9. The summed E-state index contributed by atoms with van der Waals surface area (Å²) >= 11 is 0. The van der Waals surface area contributed by atoms with Gasteiger partial charge in [-0.15, -0.1) is 0 Å². The third-order valence-electron chi connectivity index (χ3n) is 2.09. The summed E-state index contributed by atoms with van der Waals surface area (Å²) in [6, 6.07) is 0.485. The van der Waals surface area contributed by atoms with Crippen molar-refractivity contribution in [3.63, 3.8) is 0 Å². The SMILES string of the molecule is C[C@H](NC(=O)c1cncc(O)c1)C(=O)OC(C)(C)C. The summed E-state index contributed by atoms with van der Waals surface area (Å²) in [6.45, 7) is 6.78. The first-order chi connectivity index (χ1) is 8.69. The molecule has 0 fully saturated rings. The third kappa shape index (κ3) is 4.95. The second-order valence-electron chi connectivity index (χ2n) is 5.16. The van der Waals surface area contributed by atoms with Crippen molar-refractivity contribution in [2.45, 2.75) is 39.3 Å². The van der Waals surface area contributed by atoms with Crippen LogP contribution in [0.2, 0.25) is 0 Å². The van der Waals surface area contributed by atoms with Crippen LogP contribution in [0.5, 0.6) is 5.75 Å². The number of carbonyl (C=O) groups excluding carboxylic acids is 2. The lowest BCUT2D eigenvalue weighted by molar-refractivity contribution is -0.156. The lowest BCUT2D eigenvalue weighted by Crippen LogP contribution is -2.42. The number of carbonyl (C=O) groups is 2. The van der Waals surface area contributed by atoms with Crippen molar-refractivity contribution in [1.82, 2.24) is 10.3 Å². The lowest BCUT2D eigenvalue weighted by atomic mass is 10.2. The van der Waals surface area contributed by atoms with Crippen LogP contribution < -0.4 is 5.32 Å².